The van der Waals surface area contributed by atoms with Crippen molar-refractivity contribution < 1.29 is 19.0 Å². The molecule has 29 heavy (non-hydrogen) atoms. The van der Waals surface area contributed by atoms with Crippen molar-refractivity contribution >= 4 is 36.4 Å². The third kappa shape index (κ3) is 9.38. The summed E-state index contributed by atoms with van der Waals surface area (Å²) in [6.45, 7) is 5.26. The minimum Gasteiger partial charge on any atom is -0.490 e. The molecule has 0 aliphatic rings. The van der Waals surface area contributed by atoms with Crippen LogP contribution in [0.2, 0.25) is 5.02 Å². The fraction of sp³-hybridized carbons (Fsp3) is 0.400. The Bertz CT molecular complexity index is 723. The zero-order chi connectivity index (χ0) is 19.5. The maximum atomic E-state index is 13.8. The molecule has 0 radical (unpaired) electrons. The van der Waals surface area contributed by atoms with Crippen molar-refractivity contribution in [3.05, 3.63) is 58.4 Å². The summed E-state index contributed by atoms with van der Waals surface area (Å²) in [6.07, 6.45) is 0. The van der Waals surface area contributed by atoms with Crippen LogP contribution >= 0.6 is 36.4 Å². The molecule has 0 atom stereocenters. The second-order valence-corrected chi connectivity index (χ2v) is 6.28. The van der Waals surface area contributed by atoms with Crippen LogP contribution in [0.3, 0.4) is 0 Å². The van der Waals surface area contributed by atoms with Crippen LogP contribution in [0.5, 0.6) is 11.5 Å². The maximum Gasteiger partial charge on any atom is 0.180 e. The van der Waals surface area contributed by atoms with Crippen LogP contribution in [0.25, 0.3) is 0 Å². The third-order valence-corrected chi connectivity index (χ3v) is 4.08. The molecule has 0 unspecified atom stereocenters. The highest BCUT2D eigenvalue weighted by atomic mass is 35.5. The number of aliphatic hydroxyl groups excluding tert-OH is 1. The van der Waals surface area contributed by atoms with Gasteiger partial charge in [0.1, 0.15) is 12.4 Å². The van der Waals surface area contributed by atoms with Crippen molar-refractivity contribution in [3.63, 3.8) is 0 Å². The quantitative estimate of drug-likeness (QED) is 0.411. The van der Waals surface area contributed by atoms with Gasteiger partial charge < -0.3 is 25.2 Å². The zero-order valence-corrected chi connectivity index (χ0v) is 18.6. The van der Waals surface area contributed by atoms with Gasteiger partial charge in [-0.05, 0) is 30.7 Å². The van der Waals surface area contributed by atoms with Gasteiger partial charge in [0.05, 0.1) is 18.2 Å². The normalized spacial score (nSPS) is 10.1. The van der Waals surface area contributed by atoms with Gasteiger partial charge in [-0.15, -0.1) is 24.8 Å². The Morgan fingerprint density at radius 1 is 1.03 bits per heavy atom. The lowest BCUT2D eigenvalue weighted by molar-refractivity contribution is 0.266. The summed E-state index contributed by atoms with van der Waals surface area (Å²) in [5, 5.41) is 15.5. The lowest BCUT2D eigenvalue weighted by atomic mass is 10.2. The lowest BCUT2D eigenvalue weighted by Crippen LogP contribution is -2.28. The van der Waals surface area contributed by atoms with Gasteiger partial charge in [-0.25, -0.2) is 4.39 Å². The van der Waals surface area contributed by atoms with Crippen LogP contribution < -0.4 is 20.1 Å². The van der Waals surface area contributed by atoms with E-state index in [1.807, 2.05) is 19.1 Å². The van der Waals surface area contributed by atoms with E-state index in [0.29, 0.717) is 41.8 Å². The van der Waals surface area contributed by atoms with Crippen LogP contribution in [-0.2, 0) is 13.2 Å². The molecule has 2 rings (SSSR count). The van der Waals surface area contributed by atoms with Crippen molar-refractivity contribution in [1.29, 1.82) is 0 Å². The molecule has 2 aromatic carbocycles. The number of hydrogen-bond acceptors (Lipinski definition) is 5. The monoisotopic (exact) mass is 468 g/mol. The highest BCUT2D eigenvalue weighted by molar-refractivity contribution is 6.32. The Balaban J connectivity index is 0.00000392. The predicted octanol–water partition coefficient (Wildman–Crippen LogP) is 3.97. The van der Waals surface area contributed by atoms with E-state index >= 15 is 0 Å². The van der Waals surface area contributed by atoms with Gasteiger partial charge in [-0.1, -0.05) is 29.8 Å². The van der Waals surface area contributed by atoms with E-state index in [9.17, 15) is 4.39 Å². The number of rotatable bonds is 12. The molecule has 0 amide bonds. The first-order valence-corrected chi connectivity index (χ1v) is 9.37. The molecule has 5 nitrogen and oxygen atoms in total. The molecule has 0 saturated carbocycles. The Kier molecular flexibility index (Phi) is 14.9. The number of nitrogens with one attached hydrogen (secondary N) is 2. The molecule has 0 fully saturated rings. The molecule has 0 saturated heterocycles. The third-order valence-electron chi connectivity index (χ3n) is 3.80. The first kappa shape index (κ1) is 27.7. The van der Waals surface area contributed by atoms with Crippen molar-refractivity contribution in [3.8, 4) is 11.5 Å². The molecule has 0 spiro atoms. The van der Waals surface area contributed by atoms with Crippen LogP contribution in [0, 0.1) is 5.82 Å². The number of halogens is 4. The number of benzene rings is 2. The molecular formula is C20H28Cl3FN2O3. The predicted molar refractivity (Wildman–Crippen MR) is 120 cm³/mol. The lowest BCUT2D eigenvalue weighted by Gasteiger charge is -2.16. The Morgan fingerprint density at radius 2 is 1.76 bits per heavy atom. The van der Waals surface area contributed by atoms with E-state index in [1.165, 1.54) is 6.07 Å². The standard InChI is InChI=1S/C20H26ClFN2O3.2ClH/c1-2-26-19-12-15(13-24-8-7-23-9-10-25)11-17(21)20(19)27-14-16-5-3-4-6-18(16)22;;/h3-6,11-12,23-25H,2,7-10,13-14H2,1H3;2*1H. The number of aliphatic hydroxyl groups is 1. The van der Waals surface area contributed by atoms with Crippen molar-refractivity contribution in [2.24, 2.45) is 0 Å². The highest BCUT2D eigenvalue weighted by Gasteiger charge is 2.14. The van der Waals surface area contributed by atoms with Crippen LogP contribution in [-0.4, -0.2) is 38.0 Å². The van der Waals surface area contributed by atoms with E-state index in [4.69, 9.17) is 26.2 Å². The molecule has 0 aliphatic carbocycles. The van der Waals surface area contributed by atoms with Gasteiger partial charge in [-0.2, -0.15) is 0 Å². The largest absolute Gasteiger partial charge is 0.490 e. The topological polar surface area (TPSA) is 62.8 Å². The van der Waals surface area contributed by atoms with Crippen molar-refractivity contribution in [2.45, 2.75) is 20.1 Å². The Morgan fingerprint density at radius 3 is 2.45 bits per heavy atom. The highest BCUT2D eigenvalue weighted by Crippen LogP contribution is 2.37. The molecule has 164 valence electrons. The summed E-state index contributed by atoms with van der Waals surface area (Å²) in [7, 11) is 0. The second-order valence-electron chi connectivity index (χ2n) is 5.87. The SMILES string of the molecule is CCOc1cc(CNCCNCCO)cc(Cl)c1OCc1ccccc1F.Cl.Cl. The molecule has 0 heterocycles. The number of hydrogen-bond donors (Lipinski definition) is 3. The van der Waals surface area contributed by atoms with Crippen molar-refractivity contribution in [1.82, 2.24) is 10.6 Å². The van der Waals surface area contributed by atoms with Crippen LogP contribution in [0.4, 0.5) is 4.39 Å². The van der Waals surface area contributed by atoms with Crippen molar-refractivity contribution in [2.75, 3.05) is 32.8 Å². The second kappa shape index (κ2) is 15.5. The fourth-order valence-electron chi connectivity index (χ4n) is 2.51. The molecule has 0 aromatic heterocycles. The first-order valence-electron chi connectivity index (χ1n) is 8.99. The minimum atomic E-state index is -0.317. The van der Waals surface area contributed by atoms with E-state index < -0.39 is 0 Å². The average molecular weight is 470 g/mol. The molecule has 0 bridgehead atoms. The average Bonchev–Trinajstić information content (AvgIpc) is 2.65. The summed E-state index contributed by atoms with van der Waals surface area (Å²) in [5.74, 6) is 0.633. The van der Waals surface area contributed by atoms with Gasteiger partial charge in [0, 0.05) is 31.7 Å². The zero-order valence-electron chi connectivity index (χ0n) is 16.2. The molecule has 0 aliphatic heterocycles. The summed E-state index contributed by atoms with van der Waals surface area (Å²) >= 11 is 6.39. The van der Waals surface area contributed by atoms with E-state index in [1.54, 1.807) is 18.2 Å². The summed E-state index contributed by atoms with van der Waals surface area (Å²) < 4.78 is 25.2. The van der Waals surface area contributed by atoms with Gasteiger partial charge in [0.15, 0.2) is 11.5 Å². The summed E-state index contributed by atoms with van der Waals surface area (Å²) in [6, 6.07) is 10.2. The van der Waals surface area contributed by atoms with Crippen LogP contribution in [0.1, 0.15) is 18.1 Å². The molecule has 2 aromatic rings. The number of ether oxygens (including phenoxy) is 2. The van der Waals surface area contributed by atoms with Gasteiger partial charge in [0.2, 0.25) is 0 Å². The first-order chi connectivity index (χ1) is 13.2. The Hall–Kier alpha value is -1.28. The molecular weight excluding hydrogens is 442 g/mol. The molecule has 9 heteroatoms. The van der Waals surface area contributed by atoms with Gasteiger partial charge in [-0.3, -0.25) is 0 Å². The summed E-state index contributed by atoms with van der Waals surface area (Å²) in [4.78, 5) is 0. The van der Waals surface area contributed by atoms with Gasteiger partial charge >= 0.3 is 0 Å². The Labute approximate surface area is 188 Å². The smallest absolute Gasteiger partial charge is 0.180 e. The van der Waals surface area contributed by atoms with Crippen LogP contribution in [0.15, 0.2) is 36.4 Å². The van der Waals surface area contributed by atoms with E-state index in [-0.39, 0.29) is 43.8 Å². The maximum absolute atomic E-state index is 13.8. The molecule has 3 N–H and O–H groups in total. The fourth-order valence-corrected chi connectivity index (χ4v) is 2.79. The summed E-state index contributed by atoms with van der Waals surface area (Å²) in [5.41, 5.74) is 1.42. The minimum absolute atomic E-state index is 0. The van der Waals surface area contributed by atoms with E-state index in [0.717, 1.165) is 18.7 Å². The van der Waals surface area contributed by atoms with E-state index in [2.05, 4.69) is 10.6 Å². The van der Waals surface area contributed by atoms with Gasteiger partial charge in [0.25, 0.3) is 0 Å².